The fourth-order valence-corrected chi connectivity index (χ4v) is 4.78. The molecule has 0 aromatic heterocycles. The summed E-state index contributed by atoms with van der Waals surface area (Å²) in [5.41, 5.74) is 1.84. The van der Waals surface area contributed by atoms with Crippen LogP contribution in [-0.4, -0.2) is 66.7 Å². The molecular formula is C33H44N2O6. The van der Waals surface area contributed by atoms with Gasteiger partial charge in [0.05, 0.1) is 12.1 Å². The third-order valence-electron chi connectivity index (χ3n) is 6.87. The zero-order valence-electron chi connectivity index (χ0n) is 24.4. The molecule has 0 unspecified atom stereocenters. The number of carbonyl (C=O) groups excluding carboxylic acids is 2. The van der Waals surface area contributed by atoms with Crippen molar-refractivity contribution in [2.45, 2.75) is 71.1 Å². The predicted molar refractivity (Wildman–Crippen MR) is 159 cm³/mol. The van der Waals surface area contributed by atoms with Gasteiger partial charge in [-0.15, -0.1) is 6.58 Å². The van der Waals surface area contributed by atoms with Crippen molar-refractivity contribution in [3.8, 4) is 0 Å². The highest BCUT2D eigenvalue weighted by atomic mass is 16.7. The zero-order chi connectivity index (χ0) is 29.3. The maximum Gasteiger partial charge on any atom is 0.410 e. The predicted octanol–water partition coefficient (Wildman–Crippen LogP) is 6.72. The molecule has 1 heterocycles. The van der Waals surface area contributed by atoms with Crippen molar-refractivity contribution >= 4 is 12.2 Å². The Bertz CT molecular complexity index is 1070. The summed E-state index contributed by atoms with van der Waals surface area (Å²) in [6.45, 7) is 10.3. The molecule has 0 bridgehead atoms. The lowest BCUT2D eigenvalue weighted by Crippen LogP contribution is -2.48. The lowest BCUT2D eigenvalue weighted by atomic mass is 10.0. The van der Waals surface area contributed by atoms with Crippen molar-refractivity contribution in [1.82, 2.24) is 9.80 Å². The highest BCUT2D eigenvalue weighted by Gasteiger charge is 2.31. The Balaban J connectivity index is 1.69. The number of nitrogens with zero attached hydrogens (tertiary/aromatic N) is 2. The largest absolute Gasteiger partial charge is 0.445 e. The Morgan fingerprint density at radius 1 is 0.976 bits per heavy atom. The van der Waals surface area contributed by atoms with Crippen molar-refractivity contribution in [2.75, 3.05) is 26.3 Å². The Hall–Kier alpha value is -3.62. The molecule has 2 amide bonds. The van der Waals surface area contributed by atoms with Gasteiger partial charge in [-0.2, -0.15) is 0 Å². The molecule has 0 saturated heterocycles. The van der Waals surface area contributed by atoms with Crippen molar-refractivity contribution in [3.63, 3.8) is 0 Å². The maximum absolute atomic E-state index is 13.4. The van der Waals surface area contributed by atoms with Gasteiger partial charge in [-0.1, -0.05) is 78.9 Å². The van der Waals surface area contributed by atoms with E-state index < -0.39 is 6.09 Å². The van der Waals surface area contributed by atoms with Crippen LogP contribution in [0.3, 0.4) is 0 Å². The van der Waals surface area contributed by atoms with E-state index in [0.717, 1.165) is 17.5 Å². The first-order valence-electron chi connectivity index (χ1n) is 14.5. The highest BCUT2D eigenvalue weighted by molar-refractivity contribution is 5.69. The first kappa shape index (κ1) is 31.9. The molecule has 8 heteroatoms. The van der Waals surface area contributed by atoms with E-state index in [2.05, 4.69) is 12.7 Å². The van der Waals surface area contributed by atoms with Gasteiger partial charge in [-0.25, -0.2) is 9.59 Å². The van der Waals surface area contributed by atoms with E-state index in [1.165, 1.54) is 0 Å². The van der Waals surface area contributed by atoms with Crippen molar-refractivity contribution in [3.05, 3.63) is 96.6 Å². The van der Waals surface area contributed by atoms with E-state index in [-0.39, 0.29) is 37.7 Å². The number of amides is 2. The first-order chi connectivity index (χ1) is 20.0. The number of hydrogen-bond donors (Lipinski definition) is 0. The second-order valence-corrected chi connectivity index (χ2v) is 9.77. The summed E-state index contributed by atoms with van der Waals surface area (Å²) in [5, 5.41) is 0. The van der Waals surface area contributed by atoms with Crippen LogP contribution in [0, 0.1) is 0 Å². The van der Waals surface area contributed by atoms with Crippen LogP contribution in [0.1, 0.15) is 50.7 Å². The second-order valence-electron chi connectivity index (χ2n) is 9.77. The molecule has 1 aliphatic rings. The van der Waals surface area contributed by atoms with E-state index in [1.54, 1.807) is 15.9 Å². The van der Waals surface area contributed by atoms with Gasteiger partial charge >= 0.3 is 12.2 Å². The summed E-state index contributed by atoms with van der Waals surface area (Å²) < 4.78 is 22.7. The van der Waals surface area contributed by atoms with E-state index in [0.29, 0.717) is 45.6 Å². The summed E-state index contributed by atoms with van der Waals surface area (Å²) in [5.74, 6) is 0. The van der Waals surface area contributed by atoms with E-state index in [9.17, 15) is 9.59 Å². The molecule has 0 N–H and O–H groups in total. The minimum atomic E-state index is -0.430. The van der Waals surface area contributed by atoms with Gasteiger partial charge in [0.2, 0.25) is 0 Å². The lowest BCUT2D eigenvalue weighted by molar-refractivity contribution is -0.140. The zero-order valence-corrected chi connectivity index (χ0v) is 24.4. The van der Waals surface area contributed by atoms with Crippen LogP contribution in [0.2, 0.25) is 0 Å². The second kappa shape index (κ2) is 17.9. The Morgan fingerprint density at radius 2 is 1.59 bits per heavy atom. The van der Waals surface area contributed by atoms with Gasteiger partial charge in [0.25, 0.3) is 0 Å². The average Bonchev–Trinajstić information content (AvgIpc) is 3.01. The lowest BCUT2D eigenvalue weighted by Gasteiger charge is -2.36. The minimum Gasteiger partial charge on any atom is -0.445 e. The molecule has 3 rings (SSSR count). The summed E-state index contributed by atoms with van der Waals surface area (Å²) in [7, 11) is 0. The van der Waals surface area contributed by atoms with Gasteiger partial charge in [0.1, 0.15) is 13.2 Å². The molecule has 222 valence electrons. The molecule has 0 saturated carbocycles. The fraction of sp³-hybridized carbons (Fsp3) is 0.455. The van der Waals surface area contributed by atoms with Crippen molar-refractivity contribution in [1.29, 1.82) is 0 Å². The monoisotopic (exact) mass is 564 g/mol. The SMILES string of the molecule is C=C[C@H](C[C@H]1C=CCCN1C(=O)OCc1ccccc1)N(CCCC(OCC)OCC)C(=O)OCc1ccccc1. The van der Waals surface area contributed by atoms with Gasteiger partial charge in [0, 0.05) is 32.7 Å². The molecule has 8 nitrogen and oxygen atoms in total. The molecule has 0 fully saturated rings. The molecule has 1 aliphatic heterocycles. The standard InChI is InChI=1S/C33H44N2O6/c1-4-29(24-30-20-13-14-22-35(30)33(37)41-26-28-18-11-8-12-19-28)34(23-15-21-31(38-5-2)39-6-3)32(36)40-25-27-16-9-7-10-17-27/h4,7-13,16-20,29-31H,1,5-6,14-15,21-26H2,2-3H3/t29-,30-/m1/s1. The number of ether oxygens (including phenoxy) is 4. The van der Waals surface area contributed by atoms with Gasteiger partial charge < -0.3 is 28.7 Å². The Morgan fingerprint density at radius 3 is 2.17 bits per heavy atom. The van der Waals surface area contributed by atoms with E-state index in [1.807, 2.05) is 80.6 Å². The third kappa shape index (κ3) is 10.7. The van der Waals surface area contributed by atoms with Gasteiger partial charge in [-0.3, -0.25) is 0 Å². The smallest absolute Gasteiger partial charge is 0.410 e. The molecule has 41 heavy (non-hydrogen) atoms. The van der Waals surface area contributed by atoms with Crippen LogP contribution in [0.25, 0.3) is 0 Å². The van der Waals surface area contributed by atoms with Crippen LogP contribution in [-0.2, 0) is 32.2 Å². The number of carbonyl (C=O) groups is 2. The number of rotatable bonds is 16. The normalized spacial score (nSPS) is 15.4. The quantitative estimate of drug-likeness (QED) is 0.166. The maximum atomic E-state index is 13.4. The molecule has 2 aromatic carbocycles. The molecule has 0 spiro atoms. The molecule has 0 aliphatic carbocycles. The van der Waals surface area contributed by atoms with Crippen molar-refractivity contribution in [2.24, 2.45) is 0 Å². The average molecular weight is 565 g/mol. The molecule has 0 radical (unpaired) electrons. The van der Waals surface area contributed by atoms with Gasteiger partial charge in [0.15, 0.2) is 6.29 Å². The van der Waals surface area contributed by atoms with Crippen LogP contribution in [0.4, 0.5) is 9.59 Å². The molecule has 2 aromatic rings. The Labute approximate surface area is 244 Å². The first-order valence-corrected chi connectivity index (χ1v) is 14.5. The highest BCUT2D eigenvalue weighted by Crippen LogP contribution is 2.22. The third-order valence-corrected chi connectivity index (χ3v) is 6.87. The topological polar surface area (TPSA) is 77.5 Å². The summed E-state index contributed by atoms with van der Waals surface area (Å²) in [4.78, 5) is 30.0. The van der Waals surface area contributed by atoms with E-state index >= 15 is 0 Å². The number of hydrogen-bond acceptors (Lipinski definition) is 6. The van der Waals surface area contributed by atoms with Crippen LogP contribution >= 0.6 is 0 Å². The van der Waals surface area contributed by atoms with E-state index in [4.69, 9.17) is 18.9 Å². The van der Waals surface area contributed by atoms with Crippen molar-refractivity contribution < 1.29 is 28.5 Å². The van der Waals surface area contributed by atoms with Crippen LogP contribution < -0.4 is 0 Å². The summed E-state index contributed by atoms with van der Waals surface area (Å²) in [6.07, 6.45) is 7.20. The molecular weight excluding hydrogens is 520 g/mol. The number of benzene rings is 2. The fourth-order valence-electron chi connectivity index (χ4n) is 4.78. The molecule has 2 atom stereocenters. The Kier molecular flexibility index (Phi) is 14.0. The summed E-state index contributed by atoms with van der Waals surface area (Å²) >= 11 is 0. The minimum absolute atomic E-state index is 0.168. The van der Waals surface area contributed by atoms with Gasteiger partial charge in [-0.05, 0) is 44.2 Å². The van der Waals surface area contributed by atoms with Crippen LogP contribution in [0.15, 0.2) is 85.5 Å². The van der Waals surface area contributed by atoms with Crippen LogP contribution in [0.5, 0.6) is 0 Å². The summed E-state index contributed by atoms with van der Waals surface area (Å²) in [6, 6.07) is 18.6.